The topological polar surface area (TPSA) is 0 Å². The quantitative estimate of drug-likeness (QED) is 0.148. The van der Waals surface area contributed by atoms with E-state index >= 15 is 0 Å². The fourth-order valence-electron chi connectivity index (χ4n) is 5.49. The standard InChI is InChI=1S/C40H30/c1-3-4-14-30-15-12-19-33(27-30)34-20-13-16-31(28-34)26-25-29(2)39-35-21-8-10-23-37(35)40(32-17-6-5-7-18-32)38-24-11-9-22-36(38)39/h3-28H,1-2H2/b14-4-,26-25-. The first-order valence-electron chi connectivity index (χ1n) is 13.6. The molecule has 190 valence electrons. The van der Waals surface area contributed by atoms with Crippen LogP contribution in [0.15, 0.2) is 159 Å². The molecule has 40 heavy (non-hydrogen) atoms. The lowest BCUT2D eigenvalue weighted by Crippen LogP contribution is -1.92. The highest BCUT2D eigenvalue weighted by atomic mass is 14.2. The molecule has 0 bridgehead atoms. The molecule has 0 aliphatic heterocycles. The third-order valence-electron chi connectivity index (χ3n) is 7.32. The average molecular weight is 511 g/mol. The Kier molecular flexibility index (Phi) is 7.07. The molecule has 0 heterocycles. The van der Waals surface area contributed by atoms with Gasteiger partial charge in [-0.05, 0) is 78.2 Å². The summed E-state index contributed by atoms with van der Waals surface area (Å²) in [5.41, 5.74) is 9.34. The molecule has 6 aromatic rings. The van der Waals surface area contributed by atoms with Crippen molar-refractivity contribution in [1.29, 1.82) is 0 Å². The van der Waals surface area contributed by atoms with Gasteiger partial charge in [0.05, 0.1) is 0 Å². The van der Waals surface area contributed by atoms with Crippen LogP contribution < -0.4 is 0 Å². The van der Waals surface area contributed by atoms with Gasteiger partial charge in [0.15, 0.2) is 0 Å². The minimum Gasteiger partial charge on any atom is -0.0991 e. The van der Waals surface area contributed by atoms with Gasteiger partial charge in [0.2, 0.25) is 0 Å². The maximum absolute atomic E-state index is 4.56. The second-order valence-corrected chi connectivity index (χ2v) is 9.91. The summed E-state index contributed by atoms with van der Waals surface area (Å²) in [6.45, 7) is 8.34. The third-order valence-corrected chi connectivity index (χ3v) is 7.32. The summed E-state index contributed by atoms with van der Waals surface area (Å²) in [6.07, 6.45) is 10.2. The molecule has 0 radical (unpaired) electrons. The van der Waals surface area contributed by atoms with E-state index in [1.54, 1.807) is 6.08 Å². The third kappa shape index (κ3) is 4.96. The Labute approximate surface area is 236 Å². The normalized spacial score (nSPS) is 11.5. The molecule has 0 amide bonds. The van der Waals surface area contributed by atoms with Gasteiger partial charge in [0.1, 0.15) is 0 Å². The van der Waals surface area contributed by atoms with Crippen molar-refractivity contribution in [3.05, 3.63) is 175 Å². The highest BCUT2D eigenvalue weighted by Crippen LogP contribution is 2.41. The Hall–Kier alpha value is -5.20. The van der Waals surface area contributed by atoms with Crippen LogP contribution >= 0.6 is 0 Å². The number of rotatable bonds is 7. The van der Waals surface area contributed by atoms with E-state index in [9.17, 15) is 0 Å². The van der Waals surface area contributed by atoms with Crippen LogP contribution in [-0.4, -0.2) is 0 Å². The van der Waals surface area contributed by atoms with E-state index < -0.39 is 0 Å². The van der Waals surface area contributed by atoms with Crippen molar-refractivity contribution in [3.8, 4) is 22.3 Å². The highest BCUT2D eigenvalue weighted by Gasteiger charge is 2.15. The van der Waals surface area contributed by atoms with Gasteiger partial charge in [0.25, 0.3) is 0 Å². The molecule has 0 saturated carbocycles. The molecule has 0 N–H and O–H groups in total. The van der Waals surface area contributed by atoms with Crippen LogP contribution in [0.1, 0.15) is 16.7 Å². The minimum atomic E-state index is 0.994. The van der Waals surface area contributed by atoms with Gasteiger partial charge in [-0.2, -0.15) is 0 Å². The zero-order chi connectivity index (χ0) is 27.3. The van der Waals surface area contributed by atoms with Crippen molar-refractivity contribution in [3.63, 3.8) is 0 Å². The monoisotopic (exact) mass is 510 g/mol. The van der Waals surface area contributed by atoms with Crippen LogP contribution in [0.25, 0.3) is 61.5 Å². The largest absolute Gasteiger partial charge is 0.0991 e. The van der Waals surface area contributed by atoms with Crippen molar-refractivity contribution < 1.29 is 0 Å². The molecule has 6 rings (SSSR count). The fourth-order valence-corrected chi connectivity index (χ4v) is 5.49. The van der Waals surface area contributed by atoms with Crippen LogP contribution in [0, 0.1) is 0 Å². The summed E-state index contributed by atoms with van der Waals surface area (Å²) in [6, 6.07) is 45.3. The zero-order valence-electron chi connectivity index (χ0n) is 22.4. The molecule has 0 unspecified atom stereocenters. The molecule has 0 aliphatic rings. The van der Waals surface area contributed by atoms with Gasteiger partial charge < -0.3 is 0 Å². The molecule has 0 nitrogen and oxygen atoms in total. The van der Waals surface area contributed by atoms with Crippen molar-refractivity contribution in [2.45, 2.75) is 0 Å². The molecular formula is C40H30. The maximum Gasteiger partial charge on any atom is -0.00264 e. The molecule has 0 fully saturated rings. The summed E-state index contributed by atoms with van der Waals surface area (Å²) in [4.78, 5) is 0. The molecule has 0 aromatic heterocycles. The van der Waals surface area contributed by atoms with Gasteiger partial charge in [-0.3, -0.25) is 0 Å². The number of hydrogen-bond acceptors (Lipinski definition) is 0. The van der Waals surface area contributed by atoms with Crippen molar-refractivity contribution in [2.75, 3.05) is 0 Å². The summed E-state index contributed by atoms with van der Waals surface area (Å²) in [5.74, 6) is 0. The molecule has 0 saturated heterocycles. The summed E-state index contributed by atoms with van der Waals surface area (Å²) in [7, 11) is 0. The van der Waals surface area contributed by atoms with Gasteiger partial charge in [-0.25, -0.2) is 0 Å². The van der Waals surface area contributed by atoms with Gasteiger partial charge in [-0.15, -0.1) is 0 Å². The Morgan fingerprint density at radius 3 is 1.57 bits per heavy atom. The van der Waals surface area contributed by atoms with Crippen LogP contribution in [0.2, 0.25) is 0 Å². The van der Waals surface area contributed by atoms with Crippen LogP contribution in [-0.2, 0) is 0 Å². The Morgan fingerprint density at radius 2 is 1.00 bits per heavy atom. The highest BCUT2D eigenvalue weighted by molar-refractivity contribution is 6.19. The van der Waals surface area contributed by atoms with Gasteiger partial charge in [0, 0.05) is 0 Å². The van der Waals surface area contributed by atoms with E-state index in [4.69, 9.17) is 0 Å². The minimum absolute atomic E-state index is 0.994. The summed E-state index contributed by atoms with van der Waals surface area (Å²) < 4.78 is 0. The average Bonchev–Trinajstić information content (AvgIpc) is 3.02. The van der Waals surface area contributed by atoms with Crippen LogP contribution in [0.5, 0.6) is 0 Å². The molecule has 0 spiro atoms. The number of fused-ring (bicyclic) bond motifs is 2. The second-order valence-electron chi connectivity index (χ2n) is 9.91. The lowest BCUT2D eigenvalue weighted by molar-refractivity contribution is 1.58. The summed E-state index contributed by atoms with van der Waals surface area (Å²) >= 11 is 0. The molecule has 0 heteroatoms. The molecule has 0 atom stereocenters. The number of hydrogen-bond donors (Lipinski definition) is 0. The van der Waals surface area contributed by atoms with E-state index in [1.165, 1.54) is 49.4 Å². The lowest BCUT2D eigenvalue weighted by atomic mass is 9.86. The number of benzene rings is 6. The fraction of sp³-hybridized carbons (Fsp3) is 0. The maximum atomic E-state index is 4.56. The van der Waals surface area contributed by atoms with Crippen molar-refractivity contribution in [2.24, 2.45) is 0 Å². The van der Waals surface area contributed by atoms with E-state index in [0.717, 1.165) is 16.7 Å². The Morgan fingerprint density at radius 1 is 0.500 bits per heavy atom. The molecule has 6 aromatic carbocycles. The summed E-state index contributed by atoms with van der Waals surface area (Å²) in [5, 5.41) is 4.91. The first kappa shape index (κ1) is 25.1. The van der Waals surface area contributed by atoms with Gasteiger partial charge in [-0.1, -0.05) is 159 Å². The predicted molar refractivity (Wildman–Crippen MR) is 176 cm³/mol. The van der Waals surface area contributed by atoms with E-state index in [1.807, 2.05) is 6.08 Å². The van der Waals surface area contributed by atoms with Gasteiger partial charge >= 0.3 is 0 Å². The predicted octanol–water partition coefficient (Wildman–Crippen LogP) is 11.3. The SMILES string of the molecule is C=C/C=C\c1cccc(-c2cccc(/C=C\C(=C)c3c4ccccc4c(-c4ccccc4)c4ccccc34)c2)c1. The first-order chi connectivity index (χ1) is 19.7. The smallest absolute Gasteiger partial charge is 0.00264 e. The van der Waals surface area contributed by atoms with Crippen LogP contribution in [0.4, 0.5) is 0 Å². The molecule has 0 aliphatic carbocycles. The van der Waals surface area contributed by atoms with E-state index in [2.05, 4.69) is 159 Å². The van der Waals surface area contributed by atoms with Crippen molar-refractivity contribution >= 4 is 39.3 Å². The van der Waals surface area contributed by atoms with E-state index in [0.29, 0.717) is 0 Å². The lowest BCUT2D eigenvalue weighted by Gasteiger charge is -2.17. The Bertz CT molecular complexity index is 1860. The second kappa shape index (κ2) is 11.3. The molecular weight excluding hydrogens is 480 g/mol. The van der Waals surface area contributed by atoms with E-state index in [-0.39, 0.29) is 0 Å². The first-order valence-corrected chi connectivity index (χ1v) is 13.6. The zero-order valence-corrected chi connectivity index (χ0v) is 22.4. The Balaban J connectivity index is 1.42. The van der Waals surface area contributed by atoms with Crippen LogP contribution in [0.3, 0.4) is 0 Å². The van der Waals surface area contributed by atoms with Crippen molar-refractivity contribution in [1.82, 2.24) is 0 Å². The number of allylic oxidation sites excluding steroid dienone is 4.